The lowest BCUT2D eigenvalue weighted by molar-refractivity contribution is -0.384. The van der Waals surface area contributed by atoms with E-state index >= 15 is 0 Å². The molecule has 2 aromatic rings. The van der Waals surface area contributed by atoms with Gasteiger partial charge in [-0.2, -0.15) is 0 Å². The van der Waals surface area contributed by atoms with Crippen molar-refractivity contribution >= 4 is 23.3 Å². The van der Waals surface area contributed by atoms with Gasteiger partial charge in [0, 0.05) is 26.2 Å². The van der Waals surface area contributed by atoms with Crippen LogP contribution in [-0.4, -0.2) is 43.0 Å². The molecule has 0 aliphatic heterocycles. The van der Waals surface area contributed by atoms with Gasteiger partial charge in [-0.15, -0.1) is 0 Å². The number of rotatable bonds is 9. The third kappa shape index (κ3) is 6.30. The molecule has 0 aliphatic carbocycles. The number of benzene rings is 2. The molecule has 2 rings (SSSR count). The lowest BCUT2D eigenvalue weighted by Crippen LogP contribution is -2.41. The lowest BCUT2D eigenvalue weighted by atomic mass is 10.1. The van der Waals surface area contributed by atoms with E-state index in [1.807, 2.05) is 37.3 Å². The van der Waals surface area contributed by atoms with Gasteiger partial charge in [-0.25, -0.2) is 4.79 Å². The van der Waals surface area contributed by atoms with Gasteiger partial charge < -0.3 is 15.0 Å². The summed E-state index contributed by atoms with van der Waals surface area (Å²) in [6, 6.07) is 13.9. The van der Waals surface area contributed by atoms with Crippen molar-refractivity contribution in [1.82, 2.24) is 5.32 Å². The van der Waals surface area contributed by atoms with Crippen LogP contribution in [0.15, 0.2) is 48.5 Å². The van der Waals surface area contributed by atoms with Crippen LogP contribution in [0.25, 0.3) is 0 Å². The van der Waals surface area contributed by atoms with E-state index in [4.69, 9.17) is 4.74 Å². The van der Waals surface area contributed by atoms with Crippen molar-refractivity contribution in [3.63, 3.8) is 0 Å². The summed E-state index contributed by atoms with van der Waals surface area (Å²) in [4.78, 5) is 37.0. The Morgan fingerprint density at radius 1 is 1.13 bits per heavy atom. The largest absolute Gasteiger partial charge is 0.449 e. The second-order valence-corrected chi connectivity index (χ2v) is 7.34. The Labute approximate surface area is 176 Å². The Morgan fingerprint density at radius 2 is 1.80 bits per heavy atom. The molecule has 2 aromatic carbocycles. The number of nitro groups is 1. The van der Waals surface area contributed by atoms with Gasteiger partial charge >= 0.3 is 5.97 Å². The monoisotopic (exact) mass is 413 g/mol. The van der Waals surface area contributed by atoms with Gasteiger partial charge in [-0.1, -0.05) is 30.3 Å². The van der Waals surface area contributed by atoms with Gasteiger partial charge in [0.05, 0.1) is 10.5 Å². The van der Waals surface area contributed by atoms with Crippen LogP contribution in [-0.2, 0) is 16.0 Å². The zero-order valence-electron chi connectivity index (χ0n) is 17.6. The molecule has 0 fully saturated rings. The molecule has 8 nitrogen and oxygen atoms in total. The molecular weight excluding hydrogens is 386 g/mol. The van der Waals surface area contributed by atoms with E-state index in [9.17, 15) is 19.7 Å². The van der Waals surface area contributed by atoms with Crippen LogP contribution in [0.4, 0.5) is 11.4 Å². The molecule has 8 heteroatoms. The van der Waals surface area contributed by atoms with Gasteiger partial charge in [-0.3, -0.25) is 14.9 Å². The fourth-order valence-electron chi connectivity index (χ4n) is 2.92. The normalized spacial score (nSPS) is 12.5. The Kier molecular flexibility index (Phi) is 7.91. The highest BCUT2D eigenvalue weighted by molar-refractivity contribution is 5.93. The summed E-state index contributed by atoms with van der Waals surface area (Å²) in [5.74, 6) is -1.20. The highest BCUT2D eigenvalue weighted by Gasteiger charge is 2.23. The minimum atomic E-state index is -1.02. The molecule has 30 heavy (non-hydrogen) atoms. The molecule has 0 saturated carbocycles. The zero-order valence-corrected chi connectivity index (χ0v) is 17.6. The van der Waals surface area contributed by atoms with Gasteiger partial charge in [0.1, 0.15) is 5.69 Å². The summed E-state index contributed by atoms with van der Waals surface area (Å²) in [5.41, 5.74) is 1.36. The molecule has 1 amide bonds. The van der Waals surface area contributed by atoms with Crippen molar-refractivity contribution in [2.75, 3.05) is 19.0 Å². The first-order chi connectivity index (χ1) is 14.2. The number of aryl methyl sites for hydroxylation is 1. The number of nitrogens with one attached hydrogen (secondary N) is 1. The maximum Gasteiger partial charge on any atom is 0.339 e. The summed E-state index contributed by atoms with van der Waals surface area (Å²) in [6.45, 7) is 3.36. The maximum absolute atomic E-state index is 12.4. The van der Waals surface area contributed by atoms with Crippen molar-refractivity contribution < 1.29 is 19.2 Å². The molecular formula is C22H27N3O5. The summed E-state index contributed by atoms with van der Waals surface area (Å²) in [5, 5.41) is 14.1. The van der Waals surface area contributed by atoms with E-state index in [1.165, 1.54) is 24.6 Å². The summed E-state index contributed by atoms with van der Waals surface area (Å²) >= 11 is 0. The van der Waals surface area contributed by atoms with Crippen LogP contribution in [0.5, 0.6) is 0 Å². The maximum atomic E-state index is 12.4. The van der Waals surface area contributed by atoms with Crippen LogP contribution < -0.4 is 10.2 Å². The first-order valence-corrected chi connectivity index (χ1v) is 9.70. The summed E-state index contributed by atoms with van der Waals surface area (Å²) in [6.07, 6.45) is 0.539. The fourth-order valence-corrected chi connectivity index (χ4v) is 2.92. The number of hydrogen-bond donors (Lipinski definition) is 1. The molecule has 0 aromatic heterocycles. The SMILES string of the molecule is C[C@@H](CCc1ccccc1)NC(=O)[C@@H](C)OC(=O)c1ccc(N(C)C)c([N+](=O)[O-])c1. The second kappa shape index (κ2) is 10.4. The standard InChI is InChI=1S/C22H27N3O5/c1-15(10-11-17-8-6-5-7-9-17)23-21(26)16(2)30-22(27)18-12-13-19(24(3)4)20(14-18)25(28)29/h5-9,12-16H,10-11H2,1-4H3,(H,23,26)/t15-,16+/m0/s1. The van der Waals surface area contributed by atoms with Crippen molar-refractivity contribution in [3.8, 4) is 0 Å². The molecule has 0 spiro atoms. The van der Waals surface area contributed by atoms with E-state index in [1.54, 1.807) is 19.0 Å². The first kappa shape index (κ1) is 22.9. The van der Waals surface area contributed by atoms with Gasteiger partial charge in [0.2, 0.25) is 0 Å². The summed E-state index contributed by atoms with van der Waals surface area (Å²) < 4.78 is 5.21. The first-order valence-electron chi connectivity index (χ1n) is 9.70. The van der Waals surface area contributed by atoms with Crippen molar-refractivity contribution in [2.45, 2.75) is 38.8 Å². The highest BCUT2D eigenvalue weighted by Crippen LogP contribution is 2.28. The smallest absolute Gasteiger partial charge is 0.339 e. The fraction of sp³-hybridized carbons (Fsp3) is 0.364. The molecule has 0 unspecified atom stereocenters. The van der Waals surface area contributed by atoms with Gasteiger partial charge in [0.15, 0.2) is 6.10 Å². The van der Waals surface area contributed by atoms with Crippen molar-refractivity contribution in [1.29, 1.82) is 0 Å². The predicted molar refractivity (Wildman–Crippen MR) is 115 cm³/mol. The van der Waals surface area contributed by atoms with Crippen LogP contribution in [0, 0.1) is 10.1 Å². The van der Waals surface area contributed by atoms with Crippen LogP contribution in [0.3, 0.4) is 0 Å². The average molecular weight is 413 g/mol. The Hall–Kier alpha value is -3.42. The molecule has 0 aliphatic rings. The number of ether oxygens (including phenoxy) is 1. The molecule has 0 saturated heterocycles. The zero-order chi connectivity index (χ0) is 22.3. The van der Waals surface area contributed by atoms with Crippen LogP contribution in [0.2, 0.25) is 0 Å². The van der Waals surface area contributed by atoms with Crippen molar-refractivity contribution in [2.24, 2.45) is 0 Å². The molecule has 1 N–H and O–H groups in total. The number of amides is 1. The number of carbonyl (C=O) groups is 2. The number of esters is 1. The third-order valence-electron chi connectivity index (χ3n) is 4.64. The van der Waals surface area contributed by atoms with Crippen LogP contribution >= 0.6 is 0 Å². The van der Waals surface area contributed by atoms with Crippen molar-refractivity contribution in [3.05, 3.63) is 69.8 Å². The molecule has 0 bridgehead atoms. The topological polar surface area (TPSA) is 102 Å². The van der Waals surface area contributed by atoms with E-state index in [2.05, 4.69) is 5.32 Å². The Morgan fingerprint density at radius 3 is 2.40 bits per heavy atom. The molecule has 160 valence electrons. The molecule has 0 heterocycles. The lowest BCUT2D eigenvalue weighted by Gasteiger charge is -2.18. The minimum absolute atomic E-state index is 0.0177. The van der Waals surface area contributed by atoms with E-state index in [-0.39, 0.29) is 17.3 Å². The Balaban J connectivity index is 1.93. The minimum Gasteiger partial charge on any atom is -0.449 e. The number of anilines is 1. The quantitative estimate of drug-likeness (QED) is 0.384. The van der Waals surface area contributed by atoms with Crippen LogP contribution in [0.1, 0.15) is 36.2 Å². The summed E-state index contributed by atoms with van der Waals surface area (Å²) in [7, 11) is 3.34. The highest BCUT2D eigenvalue weighted by atomic mass is 16.6. The average Bonchev–Trinajstić information content (AvgIpc) is 2.72. The Bertz CT molecular complexity index is 899. The van der Waals surface area contributed by atoms with E-state index in [0.717, 1.165) is 18.9 Å². The number of nitrogens with zero attached hydrogens (tertiary/aromatic N) is 2. The number of nitro benzene ring substituents is 1. The van der Waals surface area contributed by atoms with Gasteiger partial charge in [0.25, 0.3) is 11.6 Å². The van der Waals surface area contributed by atoms with E-state index < -0.39 is 22.9 Å². The number of hydrogen-bond acceptors (Lipinski definition) is 6. The molecule has 0 radical (unpaired) electrons. The predicted octanol–water partition coefficient (Wildman–Crippen LogP) is 3.34. The molecule has 2 atom stereocenters. The van der Waals surface area contributed by atoms with Gasteiger partial charge in [-0.05, 0) is 44.4 Å². The number of carbonyl (C=O) groups excluding carboxylic acids is 2. The third-order valence-corrected chi connectivity index (χ3v) is 4.64. The van der Waals surface area contributed by atoms with E-state index in [0.29, 0.717) is 5.69 Å². The second-order valence-electron chi connectivity index (χ2n) is 7.34.